The zero-order valence-corrected chi connectivity index (χ0v) is 16.1. The molecular weight excluding hydrogens is 405 g/mol. The summed E-state index contributed by atoms with van der Waals surface area (Å²) in [4.78, 5) is 24.8. The van der Waals surface area contributed by atoms with E-state index in [-0.39, 0.29) is 4.90 Å². The lowest BCUT2D eigenvalue weighted by molar-refractivity contribution is -0.159. The maximum atomic E-state index is 13.0. The van der Waals surface area contributed by atoms with Crippen LogP contribution in [0, 0.1) is 5.82 Å². The number of piperazine rings is 1. The highest BCUT2D eigenvalue weighted by atomic mass is 32.2. The van der Waals surface area contributed by atoms with Crippen molar-refractivity contribution in [3.63, 3.8) is 0 Å². The Bertz CT molecular complexity index is 918. The van der Waals surface area contributed by atoms with Crippen LogP contribution in [-0.4, -0.2) is 70.9 Å². The number of pyridine rings is 1. The van der Waals surface area contributed by atoms with Crippen LogP contribution in [0.2, 0.25) is 0 Å². The third-order valence-electron chi connectivity index (χ3n) is 4.08. The number of sulfonamides is 1. The van der Waals surface area contributed by atoms with Crippen molar-refractivity contribution in [3.05, 3.63) is 60.2 Å². The van der Waals surface area contributed by atoms with Gasteiger partial charge in [0, 0.05) is 38.9 Å². The first-order chi connectivity index (χ1) is 13.7. The van der Waals surface area contributed by atoms with Gasteiger partial charge in [-0.1, -0.05) is 6.07 Å². The van der Waals surface area contributed by atoms with Crippen molar-refractivity contribution in [2.75, 3.05) is 26.2 Å². The van der Waals surface area contributed by atoms with Gasteiger partial charge in [0.2, 0.25) is 10.0 Å². The first-order valence-electron chi connectivity index (χ1n) is 8.54. The molecule has 0 saturated carbocycles. The number of carbonyl (C=O) groups is 2. The highest BCUT2D eigenvalue weighted by Gasteiger charge is 2.28. The molecule has 29 heavy (non-hydrogen) atoms. The maximum absolute atomic E-state index is 13.0. The predicted molar refractivity (Wildman–Crippen MR) is 99.9 cm³/mol. The lowest BCUT2D eigenvalue weighted by atomic mass is 10.3. The number of hydrogen-bond acceptors (Lipinski definition) is 6. The number of rotatable bonds is 4. The van der Waals surface area contributed by atoms with Crippen LogP contribution in [0.1, 0.15) is 5.69 Å². The fourth-order valence-electron chi connectivity index (χ4n) is 2.60. The van der Waals surface area contributed by atoms with Gasteiger partial charge in [0.05, 0.1) is 10.6 Å². The Morgan fingerprint density at radius 2 is 1.55 bits per heavy atom. The average molecular weight is 425 g/mol. The van der Waals surface area contributed by atoms with Crippen molar-refractivity contribution in [1.82, 2.24) is 14.2 Å². The van der Waals surface area contributed by atoms with E-state index in [2.05, 4.69) is 9.88 Å². The van der Waals surface area contributed by atoms with E-state index in [1.165, 1.54) is 28.6 Å². The Labute approximate surface area is 167 Å². The number of aromatic nitrogens is 1. The van der Waals surface area contributed by atoms with Gasteiger partial charge in [-0.3, -0.25) is 9.88 Å². The van der Waals surface area contributed by atoms with Gasteiger partial charge in [0.1, 0.15) is 5.82 Å². The molecule has 1 aliphatic heterocycles. The van der Waals surface area contributed by atoms with E-state index >= 15 is 0 Å². The van der Waals surface area contributed by atoms with E-state index in [0.29, 0.717) is 32.7 Å². The van der Waals surface area contributed by atoms with Crippen molar-refractivity contribution < 1.29 is 32.6 Å². The maximum Gasteiger partial charge on any atom is 0.414 e. The highest BCUT2D eigenvalue weighted by Crippen LogP contribution is 2.18. The summed E-state index contributed by atoms with van der Waals surface area (Å²) in [5.41, 5.74) is 0.974. The van der Waals surface area contributed by atoms with E-state index in [4.69, 9.17) is 19.8 Å². The molecule has 11 heteroatoms. The quantitative estimate of drug-likeness (QED) is 0.691. The number of hydrogen-bond donors (Lipinski definition) is 2. The molecule has 2 N–H and O–H groups in total. The number of carboxylic acid groups (broad SMARTS) is 2. The Morgan fingerprint density at radius 3 is 2.03 bits per heavy atom. The molecule has 0 amide bonds. The Morgan fingerprint density at radius 1 is 0.966 bits per heavy atom. The molecule has 0 aliphatic carbocycles. The van der Waals surface area contributed by atoms with Gasteiger partial charge in [-0.15, -0.1) is 0 Å². The van der Waals surface area contributed by atoms with E-state index < -0.39 is 27.8 Å². The van der Waals surface area contributed by atoms with E-state index in [9.17, 15) is 12.8 Å². The van der Waals surface area contributed by atoms with Crippen LogP contribution in [0.15, 0.2) is 53.6 Å². The summed E-state index contributed by atoms with van der Waals surface area (Å²) in [6, 6.07) is 10.7. The van der Waals surface area contributed by atoms with Crippen molar-refractivity contribution >= 4 is 22.0 Å². The fraction of sp³-hybridized carbons (Fsp3) is 0.278. The summed E-state index contributed by atoms with van der Waals surface area (Å²) < 4.78 is 39.5. The second-order valence-electron chi connectivity index (χ2n) is 6.07. The predicted octanol–water partition coefficient (Wildman–Crippen LogP) is 0.883. The van der Waals surface area contributed by atoms with Gasteiger partial charge >= 0.3 is 11.9 Å². The normalized spacial score (nSPS) is 15.2. The second-order valence-corrected chi connectivity index (χ2v) is 8.00. The minimum atomic E-state index is -3.55. The van der Waals surface area contributed by atoms with E-state index in [1.54, 1.807) is 6.20 Å². The number of nitrogens with zero attached hydrogens (tertiary/aromatic N) is 3. The zero-order valence-electron chi connectivity index (χ0n) is 15.3. The largest absolute Gasteiger partial charge is 0.473 e. The molecule has 0 radical (unpaired) electrons. The van der Waals surface area contributed by atoms with Gasteiger partial charge in [-0.05, 0) is 36.4 Å². The second kappa shape index (κ2) is 10.0. The molecule has 9 nitrogen and oxygen atoms in total. The molecule has 2 heterocycles. The first-order valence-corrected chi connectivity index (χ1v) is 9.98. The summed E-state index contributed by atoms with van der Waals surface area (Å²) in [7, 11) is -3.55. The minimum absolute atomic E-state index is 0.136. The Hall–Kier alpha value is -2.89. The Kier molecular flexibility index (Phi) is 7.76. The van der Waals surface area contributed by atoms with Crippen molar-refractivity contribution in [2.24, 2.45) is 0 Å². The monoisotopic (exact) mass is 425 g/mol. The molecule has 3 rings (SSSR count). The molecule has 0 unspecified atom stereocenters. The summed E-state index contributed by atoms with van der Waals surface area (Å²) in [5, 5.41) is 14.8. The topological polar surface area (TPSA) is 128 Å². The molecule has 1 fully saturated rings. The number of aliphatic carboxylic acids is 2. The van der Waals surface area contributed by atoms with Crippen LogP contribution in [0.3, 0.4) is 0 Å². The van der Waals surface area contributed by atoms with Crippen LogP contribution < -0.4 is 0 Å². The average Bonchev–Trinajstić information content (AvgIpc) is 2.70. The fourth-order valence-corrected chi connectivity index (χ4v) is 4.03. The third kappa shape index (κ3) is 6.59. The van der Waals surface area contributed by atoms with Gasteiger partial charge in [-0.2, -0.15) is 4.31 Å². The standard InChI is InChI=1S/C16H18FN3O2S.C2H2O4/c17-14-4-6-16(7-5-14)23(21,22)20-11-9-19(10-12-20)13-15-3-1-2-8-18-15;3-1(4)2(5)6/h1-8H,9-13H2;(H,3,4)(H,5,6). The van der Waals surface area contributed by atoms with Gasteiger partial charge in [-0.25, -0.2) is 22.4 Å². The van der Waals surface area contributed by atoms with E-state index in [1.807, 2.05) is 18.2 Å². The van der Waals surface area contributed by atoms with Gasteiger partial charge < -0.3 is 10.2 Å². The van der Waals surface area contributed by atoms with Crippen molar-refractivity contribution in [3.8, 4) is 0 Å². The smallest absolute Gasteiger partial charge is 0.414 e. The van der Waals surface area contributed by atoms with Crippen LogP contribution in [-0.2, 0) is 26.2 Å². The summed E-state index contributed by atoms with van der Waals surface area (Å²) >= 11 is 0. The molecule has 1 aromatic heterocycles. The zero-order chi connectivity index (χ0) is 21.4. The molecular formula is C18H20FN3O6S. The van der Waals surface area contributed by atoms with Crippen LogP contribution >= 0.6 is 0 Å². The van der Waals surface area contributed by atoms with E-state index in [0.717, 1.165) is 5.69 Å². The highest BCUT2D eigenvalue weighted by molar-refractivity contribution is 7.89. The number of halogens is 1. The van der Waals surface area contributed by atoms with Crippen LogP contribution in [0.5, 0.6) is 0 Å². The summed E-state index contributed by atoms with van der Waals surface area (Å²) in [6.45, 7) is 2.86. The lowest BCUT2D eigenvalue weighted by Crippen LogP contribution is -2.48. The SMILES string of the molecule is O=C(O)C(=O)O.O=S(=O)(c1ccc(F)cc1)N1CCN(Cc2ccccn2)CC1. The van der Waals surface area contributed by atoms with Crippen LogP contribution in [0.4, 0.5) is 4.39 Å². The van der Waals surface area contributed by atoms with Crippen molar-refractivity contribution in [2.45, 2.75) is 11.4 Å². The number of benzene rings is 1. The van der Waals surface area contributed by atoms with Crippen LogP contribution in [0.25, 0.3) is 0 Å². The molecule has 1 saturated heterocycles. The molecule has 0 atom stereocenters. The minimum Gasteiger partial charge on any atom is -0.473 e. The summed E-state index contributed by atoms with van der Waals surface area (Å²) in [6.07, 6.45) is 1.75. The molecule has 2 aromatic rings. The lowest BCUT2D eigenvalue weighted by Gasteiger charge is -2.33. The van der Waals surface area contributed by atoms with Gasteiger partial charge in [0.15, 0.2) is 0 Å². The number of carboxylic acids is 2. The summed E-state index contributed by atoms with van der Waals surface area (Å²) in [5.74, 6) is -4.09. The Balaban J connectivity index is 0.000000438. The molecule has 1 aromatic carbocycles. The van der Waals surface area contributed by atoms with Gasteiger partial charge in [0.25, 0.3) is 0 Å². The first kappa shape index (κ1) is 22.4. The third-order valence-corrected chi connectivity index (χ3v) is 5.99. The van der Waals surface area contributed by atoms with Crippen molar-refractivity contribution in [1.29, 1.82) is 0 Å². The molecule has 0 bridgehead atoms. The molecule has 0 spiro atoms. The molecule has 1 aliphatic rings. The molecule has 156 valence electrons.